The third-order valence-corrected chi connectivity index (χ3v) is 16.4. The third-order valence-electron chi connectivity index (χ3n) is 15.5. The van der Waals surface area contributed by atoms with Gasteiger partial charge in [0.2, 0.25) is 0 Å². The summed E-state index contributed by atoms with van der Waals surface area (Å²) in [4.78, 5) is 48.9. The zero-order chi connectivity index (χ0) is 61.2. The Morgan fingerprint density at radius 1 is 0.345 bits per heavy atom. The van der Waals surface area contributed by atoms with Crippen molar-refractivity contribution in [2.45, 2.75) is 354 Å². The lowest BCUT2D eigenvalue weighted by Crippen LogP contribution is -2.30. The molecule has 0 aromatic carbocycles. The highest BCUT2D eigenvalue weighted by atomic mass is 31.2. The first-order valence-electron chi connectivity index (χ1n) is 35.2. The van der Waals surface area contributed by atoms with Gasteiger partial charge in [0.15, 0.2) is 6.10 Å². The highest BCUT2D eigenvalue weighted by molar-refractivity contribution is 7.47. The van der Waals surface area contributed by atoms with E-state index in [2.05, 4.69) is 81.5 Å². The number of aliphatic hydroxyl groups excluding tert-OH is 1. The van der Waals surface area contributed by atoms with Crippen LogP contribution in [-0.4, -0.2) is 66.5 Å². The minimum absolute atomic E-state index is 0.164. The van der Waals surface area contributed by atoms with Gasteiger partial charge >= 0.3 is 25.7 Å². The van der Waals surface area contributed by atoms with Crippen molar-refractivity contribution in [1.82, 2.24) is 0 Å². The molecule has 3 atom stereocenters. The van der Waals surface area contributed by atoms with E-state index in [-0.39, 0.29) is 25.9 Å². The van der Waals surface area contributed by atoms with Crippen LogP contribution in [0.25, 0.3) is 0 Å². The molecule has 0 aliphatic carbocycles. The van der Waals surface area contributed by atoms with Gasteiger partial charge in [-0.15, -0.1) is 0 Å². The zero-order valence-corrected chi connectivity index (χ0v) is 55.5. The summed E-state index contributed by atoms with van der Waals surface area (Å²) in [7, 11) is -4.76. The fraction of sp³-hybridized carbons (Fsp3) is 0.819. The first-order valence-corrected chi connectivity index (χ1v) is 36.7. The zero-order valence-electron chi connectivity index (χ0n) is 54.6. The van der Waals surface area contributed by atoms with E-state index in [1.54, 1.807) is 0 Å². The van der Waals surface area contributed by atoms with Gasteiger partial charge in [-0.3, -0.25) is 23.4 Å². The SMILES string of the molecule is CC/C=C\C/C=C\C/C=C\C/C=C\C/C=C\CCCCCC(=O)OCC(COP(=O)(O)OCC(CO)OC(=O)CCCCCCCCCCCCCCCCCCCCC)OC(=O)CCCCCCCCCCCCCCCCCCCCC. The van der Waals surface area contributed by atoms with Gasteiger partial charge in [0.25, 0.3) is 0 Å². The highest BCUT2D eigenvalue weighted by Gasteiger charge is 2.28. The van der Waals surface area contributed by atoms with E-state index < -0.39 is 57.8 Å². The molecule has 12 heteroatoms. The molecule has 3 unspecified atom stereocenters. The van der Waals surface area contributed by atoms with Crippen LogP contribution in [0.3, 0.4) is 0 Å². The van der Waals surface area contributed by atoms with Crippen LogP contribution in [0.15, 0.2) is 60.8 Å². The summed E-state index contributed by atoms with van der Waals surface area (Å²) >= 11 is 0. The molecular formula is C72H131O11P. The topological polar surface area (TPSA) is 155 Å². The van der Waals surface area contributed by atoms with Gasteiger partial charge in [0.05, 0.1) is 19.8 Å². The molecule has 0 saturated heterocycles. The molecule has 0 aromatic heterocycles. The van der Waals surface area contributed by atoms with Gasteiger partial charge < -0.3 is 24.2 Å². The first-order chi connectivity index (χ1) is 41.2. The lowest BCUT2D eigenvalue weighted by atomic mass is 10.0. The Labute approximate surface area is 516 Å². The molecular weight excluding hydrogens is 1070 g/mol. The van der Waals surface area contributed by atoms with Gasteiger partial charge in [-0.05, 0) is 64.2 Å². The smallest absolute Gasteiger partial charge is 0.462 e. The normalized spacial score (nSPS) is 13.5. The Kier molecular flexibility index (Phi) is 63.9. The molecule has 490 valence electrons. The number of phosphoric acid groups is 1. The quantitative estimate of drug-likeness (QED) is 0.0197. The van der Waals surface area contributed by atoms with Crippen LogP contribution >= 0.6 is 7.82 Å². The van der Waals surface area contributed by atoms with Gasteiger partial charge in [-0.2, -0.15) is 0 Å². The Hall–Kier alpha value is -2.82. The Balaban J connectivity index is 4.68. The summed E-state index contributed by atoms with van der Waals surface area (Å²) in [5, 5.41) is 9.89. The fourth-order valence-corrected chi connectivity index (χ4v) is 10.9. The number of ether oxygens (including phenoxy) is 3. The van der Waals surface area contributed by atoms with Gasteiger partial charge in [0, 0.05) is 19.3 Å². The monoisotopic (exact) mass is 1200 g/mol. The molecule has 0 aromatic rings. The molecule has 0 fully saturated rings. The van der Waals surface area contributed by atoms with Crippen molar-refractivity contribution >= 4 is 25.7 Å². The van der Waals surface area contributed by atoms with E-state index >= 15 is 0 Å². The molecule has 0 saturated carbocycles. The summed E-state index contributed by atoms with van der Waals surface area (Å²) in [5.74, 6) is -1.48. The molecule has 0 aliphatic heterocycles. The van der Waals surface area contributed by atoms with E-state index in [1.807, 2.05) is 0 Å². The third kappa shape index (κ3) is 63.7. The standard InChI is InChI=1S/C72H131O11P/c1-4-7-10-13-16-19-22-25-28-31-34-37-40-43-46-49-52-55-58-61-70(74)79-65-69(83-72(76)63-60-57-54-51-48-45-42-39-36-33-30-27-24-21-18-15-12-9-6-3)67-81-84(77,78)80-66-68(64-73)82-71(75)62-59-56-53-50-47-44-41-38-35-32-29-26-23-20-17-14-11-8-5-2/h7,10,16,19,25,28,34,37,43,46,68-69,73H,4-6,8-9,11-15,17-18,20-24,26-27,29-33,35-36,38-42,44-45,47-67H2,1-3H3,(H,77,78)/b10-7-,19-16-,28-25-,37-34-,46-43-. The van der Waals surface area contributed by atoms with E-state index in [0.717, 1.165) is 89.9 Å². The average molecular weight is 1200 g/mol. The number of esters is 3. The van der Waals surface area contributed by atoms with E-state index in [1.165, 1.54) is 193 Å². The summed E-state index contributed by atoms with van der Waals surface area (Å²) < 4.78 is 39.8. The first kappa shape index (κ1) is 81.2. The molecule has 0 rings (SSSR count). The Morgan fingerprint density at radius 3 is 0.952 bits per heavy atom. The van der Waals surface area contributed by atoms with E-state index in [4.69, 9.17) is 23.3 Å². The number of unbranched alkanes of at least 4 members (excludes halogenated alkanes) is 39. The minimum atomic E-state index is -4.76. The number of allylic oxidation sites excluding steroid dienone is 10. The molecule has 84 heavy (non-hydrogen) atoms. The summed E-state index contributed by atoms with van der Waals surface area (Å²) in [5.41, 5.74) is 0. The lowest BCUT2D eigenvalue weighted by Gasteiger charge is -2.21. The van der Waals surface area contributed by atoms with Crippen LogP contribution in [0, 0.1) is 0 Å². The number of carbonyl (C=O) groups is 3. The minimum Gasteiger partial charge on any atom is -0.462 e. The lowest BCUT2D eigenvalue weighted by molar-refractivity contribution is -0.161. The molecule has 2 N–H and O–H groups in total. The second kappa shape index (κ2) is 66.1. The number of rotatable bonds is 66. The van der Waals surface area contributed by atoms with Crippen molar-refractivity contribution in [3.8, 4) is 0 Å². The van der Waals surface area contributed by atoms with Crippen molar-refractivity contribution in [3.63, 3.8) is 0 Å². The predicted molar refractivity (Wildman–Crippen MR) is 353 cm³/mol. The fourth-order valence-electron chi connectivity index (χ4n) is 10.2. The number of carbonyl (C=O) groups excluding carboxylic acids is 3. The summed E-state index contributed by atoms with van der Waals surface area (Å²) in [6.45, 7) is 4.59. The largest absolute Gasteiger partial charge is 0.472 e. The summed E-state index contributed by atoms with van der Waals surface area (Å²) in [6, 6.07) is 0. The molecule has 0 aliphatic rings. The second-order valence-electron chi connectivity index (χ2n) is 23.7. The predicted octanol–water partition coefficient (Wildman–Crippen LogP) is 21.8. The maximum Gasteiger partial charge on any atom is 0.472 e. The van der Waals surface area contributed by atoms with Crippen molar-refractivity contribution in [2.24, 2.45) is 0 Å². The van der Waals surface area contributed by atoms with Crippen LogP contribution in [0.2, 0.25) is 0 Å². The molecule has 0 radical (unpaired) electrons. The maximum absolute atomic E-state index is 13.0. The van der Waals surface area contributed by atoms with Crippen LogP contribution < -0.4 is 0 Å². The second-order valence-corrected chi connectivity index (χ2v) is 25.1. The Morgan fingerprint density at radius 2 is 0.619 bits per heavy atom. The van der Waals surface area contributed by atoms with Crippen LogP contribution in [-0.2, 0) is 42.2 Å². The Bertz CT molecular complexity index is 1640. The number of hydrogen-bond acceptors (Lipinski definition) is 10. The van der Waals surface area contributed by atoms with Gasteiger partial charge in [0.1, 0.15) is 12.7 Å². The summed E-state index contributed by atoms with van der Waals surface area (Å²) in [6.07, 6.45) is 76.0. The van der Waals surface area contributed by atoms with Gasteiger partial charge in [-0.25, -0.2) is 4.57 Å². The van der Waals surface area contributed by atoms with E-state index in [0.29, 0.717) is 19.3 Å². The van der Waals surface area contributed by atoms with Gasteiger partial charge in [-0.1, -0.05) is 319 Å². The van der Waals surface area contributed by atoms with Crippen LogP contribution in [0.4, 0.5) is 0 Å². The average Bonchev–Trinajstić information content (AvgIpc) is 3.55. The number of phosphoric ester groups is 1. The maximum atomic E-state index is 13.0. The van der Waals surface area contributed by atoms with Crippen LogP contribution in [0.1, 0.15) is 342 Å². The molecule has 0 heterocycles. The van der Waals surface area contributed by atoms with Crippen molar-refractivity contribution in [3.05, 3.63) is 60.8 Å². The number of aliphatic hydroxyl groups is 1. The van der Waals surface area contributed by atoms with Crippen molar-refractivity contribution in [2.75, 3.05) is 26.4 Å². The van der Waals surface area contributed by atoms with Crippen LogP contribution in [0.5, 0.6) is 0 Å². The molecule has 11 nitrogen and oxygen atoms in total. The van der Waals surface area contributed by atoms with E-state index in [9.17, 15) is 28.9 Å². The molecule has 0 amide bonds. The highest BCUT2D eigenvalue weighted by Crippen LogP contribution is 2.43. The number of hydrogen-bond donors (Lipinski definition) is 2. The van der Waals surface area contributed by atoms with Crippen molar-refractivity contribution in [1.29, 1.82) is 0 Å². The molecule has 0 spiro atoms. The van der Waals surface area contributed by atoms with Crippen molar-refractivity contribution < 1.29 is 52.2 Å². The molecule has 0 bridgehead atoms.